The highest BCUT2D eigenvalue weighted by Gasteiger charge is 2.15. The first-order valence-electron chi connectivity index (χ1n) is 17.0. The van der Waals surface area contributed by atoms with E-state index in [9.17, 15) is 0 Å². The number of aromatic nitrogens is 5. The van der Waals surface area contributed by atoms with Gasteiger partial charge in [0.15, 0.2) is 17.5 Å². The van der Waals surface area contributed by atoms with Crippen molar-refractivity contribution in [3.63, 3.8) is 0 Å². The molecule has 51 heavy (non-hydrogen) atoms. The fourth-order valence-corrected chi connectivity index (χ4v) is 6.58. The van der Waals surface area contributed by atoms with Crippen LogP contribution in [-0.4, -0.2) is 24.9 Å². The second kappa shape index (κ2) is 12.9. The lowest BCUT2D eigenvalue weighted by molar-refractivity contribution is 1.07. The maximum absolute atomic E-state index is 5.27. The second-order valence-electron chi connectivity index (χ2n) is 12.6. The van der Waals surface area contributed by atoms with Crippen LogP contribution in [0.4, 0.5) is 0 Å². The summed E-state index contributed by atoms with van der Waals surface area (Å²) in [5.41, 5.74) is 12.0. The van der Waals surface area contributed by atoms with Crippen molar-refractivity contribution in [1.82, 2.24) is 24.9 Å². The minimum absolute atomic E-state index is 0.632. The first kappa shape index (κ1) is 30.2. The maximum atomic E-state index is 5.27. The molecule has 0 aliphatic heterocycles. The molecule has 3 heterocycles. The summed E-state index contributed by atoms with van der Waals surface area (Å²) < 4.78 is 0. The number of fused-ring (bicyclic) bond motifs is 3. The van der Waals surface area contributed by atoms with E-state index >= 15 is 0 Å². The fourth-order valence-electron chi connectivity index (χ4n) is 6.58. The molecule has 0 spiro atoms. The average Bonchev–Trinajstić information content (AvgIpc) is 3.21. The first-order chi connectivity index (χ1) is 25.2. The van der Waals surface area contributed by atoms with E-state index in [2.05, 4.69) is 103 Å². The van der Waals surface area contributed by atoms with Crippen molar-refractivity contribution in [2.45, 2.75) is 6.92 Å². The molecule has 0 saturated carbocycles. The standard InChI is InChI=1S/C46H31N5/c1-30-20-21-33-26-27-39-40(32-12-5-2-6-13-32)29-41(48-43(39)42(33)47-30)38-19-11-18-37(28-38)31-22-24-36(25-23-31)46-50-44(34-14-7-3-8-15-34)49-45(51-46)35-16-9-4-10-17-35/h2-29H,1H3. The Bertz CT molecular complexity index is 2620. The van der Waals surface area contributed by atoms with Gasteiger partial charge in [-0.1, -0.05) is 152 Å². The molecule has 0 fully saturated rings. The zero-order valence-corrected chi connectivity index (χ0v) is 27.9. The van der Waals surface area contributed by atoms with Crippen molar-refractivity contribution in [2.24, 2.45) is 0 Å². The Hall–Kier alpha value is -6.85. The van der Waals surface area contributed by atoms with Crippen LogP contribution in [-0.2, 0) is 0 Å². The van der Waals surface area contributed by atoms with Gasteiger partial charge in [0.05, 0.1) is 16.7 Å². The minimum atomic E-state index is 0.632. The zero-order chi connectivity index (χ0) is 34.1. The second-order valence-corrected chi connectivity index (χ2v) is 12.6. The van der Waals surface area contributed by atoms with Gasteiger partial charge in [-0.15, -0.1) is 0 Å². The molecule has 5 nitrogen and oxygen atoms in total. The lowest BCUT2D eigenvalue weighted by Crippen LogP contribution is -2.00. The van der Waals surface area contributed by atoms with E-state index in [0.29, 0.717) is 17.5 Å². The van der Waals surface area contributed by atoms with Gasteiger partial charge in [-0.25, -0.2) is 19.9 Å². The van der Waals surface area contributed by atoms with Gasteiger partial charge in [0, 0.05) is 38.7 Å². The molecule has 0 N–H and O–H groups in total. The van der Waals surface area contributed by atoms with Gasteiger partial charge < -0.3 is 0 Å². The molecule has 0 amide bonds. The fraction of sp³-hybridized carbons (Fsp3) is 0.0217. The Morgan fingerprint density at radius 2 is 0.843 bits per heavy atom. The predicted molar refractivity (Wildman–Crippen MR) is 208 cm³/mol. The van der Waals surface area contributed by atoms with Crippen molar-refractivity contribution in [1.29, 1.82) is 0 Å². The number of rotatable bonds is 6. The molecule has 9 aromatic rings. The lowest BCUT2D eigenvalue weighted by Gasteiger charge is -2.13. The molecule has 6 aromatic carbocycles. The van der Waals surface area contributed by atoms with Gasteiger partial charge in [0.25, 0.3) is 0 Å². The molecule has 0 unspecified atom stereocenters. The largest absolute Gasteiger partial charge is 0.251 e. The molecule has 9 rings (SSSR count). The summed E-state index contributed by atoms with van der Waals surface area (Å²) in [7, 11) is 0. The third-order valence-electron chi connectivity index (χ3n) is 9.20. The molecule has 240 valence electrons. The minimum Gasteiger partial charge on any atom is -0.251 e. The number of aryl methyl sites for hydroxylation is 1. The van der Waals surface area contributed by atoms with Gasteiger partial charge >= 0.3 is 0 Å². The van der Waals surface area contributed by atoms with Crippen LogP contribution in [0.1, 0.15) is 5.69 Å². The van der Waals surface area contributed by atoms with E-state index in [1.165, 1.54) is 0 Å². The van der Waals surface area contributed by atoms with Gasteiger partial charge in [-0.05, 0) is 47.4 Å². The summed E-state index contributed by atoms with van der Waals surface area (Å²) in [6.45, 7) is 2.03. The Balaban J connectivity index is 1.12. The van der Waals surface area contributed by atoms with Crippen LogP contribution in [0.25, 0.3) is 89.5 Å². The lowest BCUT2D eigenvalue weighted by atomic mass is 9.95. The molecular weight excluding hydrogens is 623 g/mol. The quantitative estimate of drug-likeness (QED) is 0.167. The highest BCUT2D eigenvalue weighted by atomic mass is 15.0. The Kier molecular flexibility index (Phi) is 7.63. The van der Waals surface area contributed by atoms with Crippen molar-refractivity contribution in [2.75, 3.05) is 0 Å². The highest BCUT2D eigenvalue weighted by molar-refractivity contribution is 6.09. The van der Waals surface area contributed by atoms with E-state index < -0.39 is 0 Å². The Morgan fingerprint density at radius 1 is 0.333 bits per heavy atom. The van der Waals surface area contributed by atoms with Crippen molar-refractivity contribution in [3.05, 3.63) is 176 Å². The highest BCUT2D eigenvalue weighted by Crippen LogP contribution is 2.36. The van der Waals surface area contributed by atoms with E-state index in [1.54, 1.807) is 0 Å². The normalized spacial score (nSPS) is 11.2. The van der Waals surface area contributed by atoms with E-state index in [4.69, 9.17) is 24.9 Å². The summed E-state index contributed by atoms with van der Waals surface area (Å²) in [4.78, 5) is 24.9. The van der Waals surface area contributed by atoms with Crippen LogP contribution < -0.4 is 0 Å². The number of pyridine rings is 2. The third kappa shape index (κ3) is 5.91. The van der Waals surface area contributed by atoms with Crippen molar-refractivity contribution < 1.29 is 0 Å². The summed E-state index contributed by atoms with van der Waals surface area (Å²) >= 11 is 0. The molecule has 0 aliphatic carbocycles. The van der Waals surface area contributed by atoms with Gasteiger partial charge in [-0.3, -0.25) is 4.98 Å². The Morgan fingerprint density at radius 3 is 1.47 bits per heavy atom. The van der Waals surface area contributed by atoms with E-state index in [1.807, 2.05) is 73.7 Å². The van der Waals surface area contributed by atoms with Crippen LogP contribution in [0.2, 0.25) is 0 Å². The third-order valence-corrected chi connectivity index (χ3v) is 9.20. The number of hydrogen-bond acceptors (Lipinski definition) is 5. The summed E-state index contributed by atoms with van der Waals surface area (Å²) in [5, 5.41) is 2.17. The van der Waals surface area contributed by atoms with Crippen LogP contribution >= 0.6 is 0 Å². The maximum Gasteiger partial charge on any atom is 0.164 e. The Labute approximate surface area is 296 Å². The van der Waals surface area contributed by atoms with E-state index in [-0.39, 0.29) is 0 Å². The van der Waals surface area contributed by atoms with Crippen LogP contribution in [0, 0.1) is 6.92 Å². The summed E-state index contributed by atoms with van der Waals surface area (Å²) in [5.74, 6) is 1.92. The average molecular weight is 654 g/mol. The van der Waals surface area contributed by atoms with Gasteiger partial charge in [0.1, 0.15) is 0 Å². The van der Waals surface area contributed by atoms with Gasteiger partial charge in [-0.2, -0.15) is 0 Å². The molecular formula is C46H31N5. The van der Waals surface area contributed by atoms with Crippen LogP contribution in [0.5, 0.6) is 0 Å². The molecule has 5 heteroatoms. The number of benzene rings is 6. The number of nitrogens with zero attached hydrogens (tertiary/aromatic N) is 5. The molecule has 0 atom stereocenters. The molecule has 3 aromatic heterocycles. The van der Waals surface area contributed by atoms with Gasteiger partial charge in [0.2, 0.25) is 0 Å². The van der Waals surface area contributed by atoms with Crippen molar-refractivity contribution in [3.8, 4) is 67.7 Å². The molecule has 0 radical (unpaired) electrons. The smallest absolute Gasteiger partial charge is 0.164 e. The summed E-state index contributed by atoms with van der Waals surface area (Å²) in [6.07, 6.45) is 0. The topological polar surface area (TPSA) is 64.5 Å². The first-order valence-corrected chi connectivity index (χ1v) is 17.0. The zero-order valence-electron chi connectivity index (χ0n) is 27.9. The molecule has 0 aliphatic rings. The SMILES string of the molecule is Cc1ccc2ccc3c(-c4ccccc4)cc(-c4cccc(-c5ccc(-c6nc(-c7ccccc7)nc(-c7ccccc7)n6)cc5)c4)nc3c2n1. The summed E-state index contributed by atoms with van der Waals surface area (Å²) in [6, 6.07) is 58.3. The van der Waals surface area contributed by atoms with Crippen LogP contribution in [0.3, 0.4) is 0 Å². The van der Waals surface area contributed by atoms with Crippen LogP contribution in [0.15, 0.2) is 170 Å². The predicted octanol–water partition coefficient (Wildman–Crippen LogP) is 11.3. The number of hydrogen-bond donors (Lipinski definition) is 0. The van der Waals surface area contributed by atoms with E-state index in [0.717, 1.165) is 77.7 Å². The molecule has 0 saturated heterocycles. The molecule has 0 bridgehead atoms. The van der Waals surface area contributed by atoms with Crippen molar-refractivity contribution >= 4 is 21.8 Å². The monoisotopic (exact) mass is 653 g/mol.